The second kappa shape index (κ2) is 7.36. The van der Waals surface area contributed by atoms with Gasteiger partial charge in [-0.3, -0.25) is 0 Å². The molecule has 0 aliphatic carbocycles. The van der Waals surface area contributed by atoms with Crippen LogP contribution in [0.3, 0.4) is 0 Å². The van der Waals surface area contributed by atoms with E-state index < -0.39 is 0 Å². The van der Waals surface area contributed by atoms with Crippen LogP contribution >= 0.6 is 23.1 Å². The van der Waals surface area contributed by atoms with Gasteiger partial charge in [-0.05, 0) is 12.8 Å². The lowest BCUT2D eigenvalue weighted by molar-refractivity contribution is 0.120. The highest BCUT2D eigenvalue weighted by Gasteiger charge is 2.15. The molecule has 18 heavy (non-hydrogen) atoms. The van der Waals surface area contributed by atoms with Gasteiger partial charge in [0.1, 0.15) is 0 Å². The van der Waals surface area contributed by atoms with Crippen LogP contribution in [-0.4, -0.2) is 35.2 Å². The van der Waals surface area contributed by atoms with Crippen LogP contribution in [0.1, 0.15) is 12.8 Å². The first kappa shape index (κ1) is 13.3. The molecule has 0 aromatic carbocycles. The average Bonchev–Trinajstić information content (AvgIpc) is 3.03. The topological polar surface area (TPSA) is 70.8 Å². The average molecular weight is 282 g/mol. The zero-order valence-electron chi connectivity index (χ0n) is 9.83. The number of nitrogens with one attached hydrogen (secondary N) is 1. The maximum Gasteiger partial charge on any atom is 0.206 e. The van der Waals surface area contributed by atoms with Gasteiger partial charge in [-0.2, -0.15) is 5.26 Å². The predicted octanol–water partition coefficient (Wildman–Crippen LogP) is 2.30. The Morgan fingerprint density at radius 3 is 3.33 bits per heavy atom. The summed E-state index contributed by atoms with van der Waals surface area (Å²) < 4.78 is 6.43. The maximum absolute atomic E-state index is 8.35. The van der Waals surface area contributed by atoms with Crippen LogP contribution in [-0.2, 0) is 4.74 Å². The standard InChI is InChI=1S/C11H14N4OS2/c12-5-1-2-7-17-11-15-14-10(18-11)13-8-9-4-3-6-16-9/h1-2,9H,3-4,6-8H2,(H,13,14). The molecule has 7 heteroatoms. The van der Waals surface area contributed by atoms with Gasteiger partial charge in [0.2, 0.25) is 5.13 Å². The molecule has 1 aliphatic rings. The molecule has 0 bridgehead atoms. The Balaban J connectivity index is 1.72. The van der Waals surface area contributed by atoms with Crippen molar-refractivity contribution < 1.29 is 4.74 Å². The van der Waals surface area contributed by atoms with E-state index in [2.05, 4.69) is 15.5 Å². The van der Waals surface area contributed by atoms with Crippen molar-refractivity contribution in [2.75, 3.05) is 24.2 Å². The Hall–Kier alpha value is -1.10. The Morgan fingerprint density at radius 2 is 2.56 bits per heavy atom. The van der Waals surface area contributed by atoms with Gasteiger partial charge in [0, 0.05) is 25.0 Å². The molecule has 1 aromatic heterocycles. The molecule has 5 nitrogen and oxygen atoms in total. The van der Waals surface area contributed by atoms with Crippen LogP contribution in [0, 0.1) is 11.3 Å². The zero-order chi connectivity index (χ0) is 12.6. The molecule has 0 saturated carbocycles. The van der Waals surface area contributed by atoms with Gasteiger partial charge in [0.25, 0.3) is 0 Å². The summed E-state index contributed by atoms with van der Waals surface area (Å²) in [5, 5.41) is 20.6. The molecule has 1 N–H and O–H groups in total. The minimum Gasteiger partial charge on any atom is -0.376 e. The number of nitriles is 1. The minimum atomic E-state index is 0.309. The number of hydrogen-bond donors (Lipinski definition) is 1. The van der Waals surface area contributed by atoms with Gasteiger partial charge in [-0.15, -0.1) is 10.2 Å². The van der Waals surface area contributed by atoms with E-state index in [9.17, 15) is 0 Å². The van der Waals surface area contributed by atoms with Crippen molar-refractivity contribution in [1.82, 2.24) is 10.2 Å². The molecule has 0 amide bonds. The number of hydrogen-bond acceptors (Lipinski definition) is 7. The van der Waals surface area contributed by atoms with Crippen LogP contribution in [0.2, 0.25) is 0 Å². The summed E-state index contributed by atoms with van der Waals surface area (Å²) >= 11 is 3.11. The highest BCUT2D eigenvalue weighted by atomic mass is 32.2. The van der Waals surface area contributed by atoms with Gasteiger partial charge in [0.15, 0.2) is 4.34 Å². The quantitative estimate of drug-likeness (QED) is 0.637. The van der Waals surface area contributed by atoms with Crippen molar-refractivity contribution in [2.45, 2.75) is 23.3 Å². The number of anilines is 1. The third kappa shape index (κ3) is 4.29. The Labute approximate surface area is 114 Å². The normalized spacial score (nSPS) is 19.2. The summed E-state index contributed by atoms with van der Waals surface area (Å²) in [6.45, 7) is 1.67. The molecule has 1 saturated heterocycles. The van der Waals surface area contributed by atoms with Crippen molar-refractivity contribution in [3.8, 4) is 6.07 Å². The molecule has 0 spiro atoms. The molecule has 1 aromatic rings. The predicted molar refractivity (Wildman–Crippen MR) is 72.8 cm³/mol. The first-order valence-corrected chi connectivity index (χ1v) is 7.55. The third-order valence-electron chi connectivity index (χ3n) is 2.41. The van der Waals surface area contributed by atoms with Crippen LogP contribution in [0.15, 0.2) is 16.5 Å². The summed E-state index contributed by atoms with van der Waals surface area (Å²) in [5.41, 5.74) is 0. The molecule has 2 rings (SSSR count). The minimum absolute atomic E-state index is 0.309. The molecule has 96 valence electrons. The fraction of sp³-hybridized carbons (Fsp3) is 0.545. The van der Waals surface area contributed by atoms with Gasteiger partial charge in [-0.25, -0.2) is 0 Å². The van der Waals surface area contributed by atoms with Crippen molar-refractivity contribution in [1.29, 1.82) is 5.26 Å². The molecule has 1 aliphatic heterocycles. The van der Waals surface area contributed by atoms with Crippen LogP contribution in [0.25, 0.3) is 0 Å². The van der Waals surface area contributed by atoms with Crippen LogP contribution in [0.5, 0.6) is 0 Å². The highest BCUT2D eigenvalue weighted by Crippen LogP contribution is 2.25. The SMILES string of the molecule is N#CC=CCSc1nnc(NCC2CCCO2)s1. The van der Waals surface area contributed by atoms with Crippen LogP contribution in [0.4, 0.5) is 5.13 Å². The molecule has 0 radical (unpaired) electrons. The fourth-order valence-electron chi connectivity index (χ4n) is 1.57. The number of thioether (sulfide) groups is 1. The second-order valence-corrected chi connectivity index (χ2v) is 5.98. The zero-order valence-corrected chi connectivity index (χ0v) is 11.5. The van der Waals surface area contributed by atoms with E-state index in [0.29, 0.717) is 6.10 Å². The molecule has 2 heterocycles. The first-order valence-electron chi connectivity index (χ1n) is 5.75. The monoisotopic (exact) mass is 282 g/mol. The van der Waals surface area contributed by atoms with E-state index in [0.717, 1.165) is 41.2 Å². The number of nitrogens with zero attached hydrogens (tertiary/aromatic N) is 3. The van der Waals surface area contributed by atoms with Gasteiger partial charge in [-0.1, -0.05) is 29.2 Å². The van der Waals surface area contributed by atoms with Crippen molar-refractivity contribution in [3.63, 3.8) is 0 Å². The Kier molecular flexibility index (Phi) is 5.45. The van der Waals surface area contributed by atoms with Crippen molar-refractivity contribution in [3.05, 3.63) is 12.2 Å². The summed E-state index contributed by atoms with van der Waals surface area (Å²) in [7, 11) is 0. The van der Waals surface area contributed by atoms with E-state index in [1.807, 2.05) is 12.1 Å². The number of ether oxygens (including phenoxy) is 1. The van der Waals surface area contributed by atoms with Gasteiger partial charge >= 0.3 is 0 Å². The molecule has 1 atom stereocenters. The number of rotatable bonds is 6. The lowest BCUT2D eigenvalue weighted by Gasteiger charge is -2.08. The van der Waals surface area contributed by atoms with Crippen LogP contribution < -0.4 is 5.32 Å². The van der Waals surface area contributed by atoms with Crippen molar-refractivity contribution in [2.24, 2.45) is 0 Å². The van der Waals surface area contributed by atoms with Gasteiger partial charge in [0.05, 0.1) is 12.2 Å². The molecule has 1 fully saturated rings. The van der Waals surface area contributed by atoms with Crippen molar-refractivity contribution >= 4 is 28.2 Å². The maximum atomic E-state index is 8.35. The van der Waals surface area contributed by atoms with E-state index in [1.54, 1.807) is 11.8 Å². The third-order valence-corrected chi connectivity index (χ3v) is 4.37. The first-order chi connectivity index (χ1) is 8.88. The number of aromatic nitrogens is 2. The lowest BCUT2D eigenvalue weighted by atomic mass is 10.2. The summed E-state index contributed by atoms with van der Waals surface area (Å²) in [5.74, 6) is 0.744. The Bertz CT molecular complexity index is 434. The highest BCUT2D eigenvalue weighted by molar-refractivity contribution is 8.01. The second-order valence-electron chi connectivity index (χ2n) is 3.73. The summed E-state index contributed by atoms with van der Waals surface area (Å²) in [4.78, 5) is 0. The molecular weight excluding hydrogens is 268 g/mol. The van der Waals surface area contributed by atoms with E-state index in [1.165, 1.54) is 17.4 Å². The number of allylic oxidation sites excluding steroid dienone is 1. The lowest BCUT2D eigenvalue weighted by Crippen LogP contribution is -2.18. The Morgan fingerprint density at radius 1 is 1.61 bits per heavy atom. The summed E-state index contributed by atoms with van der Waals surface area (Å²) in [6, 6.07) is 1.96. The van der Waals surface area contributed by atoms with Gasteiger partial charge < -0.3 is 10.1 Å². The largest absolute Gasteiger partial charge is 0.376 e. The molecule has 1 unspecified atom stereocenters. The molecular formula is C11H14N4OS2. The van der Waals surface area contributed by atoms with E-state index in [-0.39, 0.29) is 0 Å². The van der Waals surface area contributed by atoms with E-state index >= 15 is 0 Å². The smallest absolute Gasteiger partial charge is 0.206 e. The van der Waals surface area contributed by atoms with E-state index in [4.69, 9.17) is 10.00 Å². The fourth-order valence-corrected chi connectivity index (χ4v) is 3.16. The summed E-state index contributed by atoms with van der Waals surface area (Å²) in [6.07, 6.45) is 5.86.